The molecule has 54 heavy (non-hydrogen) atoms. The molecule has 2 heterocycles. The molecule has 0 aliphatic carbocycles. The van der Waals surface area contributed by atoms with Crippen LogP contribution in [0.4, 0.5) is 0 Å². The van der Waals surface area contributed by atoms with Crippen molar-refractivity contribution in [3.63, 3.8) is 0 Å². The van der Waals surface area contributed by atoms with Gasteiger partial charge in [-0.15, -0.1) is 0 Å². The molecule has 0 spiro atoms. The molecule has 0 fully saturated rings. The Morgan fingerprint density at radius 3 is 1.69 bits per heavy atom. The first kappa shape index (κ1) is 31.0. The Bertz CT molecular complexity index is 3040. The summed E-state index contributed by atoms with van der Waals surface area (Å²) in [6, 6.07) is 73.3. The van der Waals surface area contributed by atoms with Gasteiger partial charge in [-0.05, 0) is 110 Å². The summed E-state index contributed by atoms with van der Waals surface area (Å²) in [5.41, 5.74) is 16.0. The second-order valence-corrected chi connectivity index (χ2v) is 15.2. The molecule has 0 radical (unpaired) electrons. The van der Waals surface area contributed by atoms with Crippen molar-refractivity contribution in [2.45, 2.75) is 9.79 Å². The molecule has 0 saturated carbocycles. The molecule has 0 unspecified atom stereocenters. The van der Waals surface area contributed by atoms with Gasteiger partial charge in [0.05, 0.1) is 11.0 Å². The number of para-hydroxylation sites is 1. The van der Waals surface area contributed by atoms with E-state index in [1.165, 1.54) is 98.0 Å². The molecule has 252 valence electrons. The average Bonchev–Trinajstić information content (AvgIpc) is 3.58. The highest BCUT2D eigenvalue weighted by Gasteiger charge is 2.20. The van der Waals surface area contributed by atoms with Gasteiger partial charge in [-0.2, -0.15) is 0 Å². The largest absolute Gasteiger partial charge is 0.309 e. The topological polar surface area (TPSA) is 4.93 Å². The predicted octanol–water partition coefficient (Wildman–Crippen LogP) is 14.7. The summed E-state index contributed by atoms with van der Waals surface area (Å²) in [5, 5.41) is 5.19. The number of hydrogen-bond donors (Lipinski definition) is 0. The average molecular weight is 704 g/mol. The van der Waals surface area contributed by atoms with Gasteiger partial charge in [0.15, 0.2) is 0 Å². The van der Waals surface area contributed by atoms with Crippen molar-refractivity contribution < 1.29 is 0 Å². The highest BCUT2D eigenvalue weighted by Crippen LogP contribution is 2.49. The monoisotopic (exact) mass is 703 g/mol. The molecule has 9 aromatic carbocycles. The number of aromatic nitrogens is 1. The van der Waals surface area contributed by atoms with Crippen molar-refractivity contribution in [3.8, 4) is 61.3 Å². The lowest BCUT2D eigenvalue weighted by molar-refractivity contribution is 1.18. The van der Waals surface area contributed by atoms with Crippen LogP contribution in [0.2, 0.25) is 0 Å². The Hall–Kier alpha value is -6.61. The molecule has 10 aromatic rings. The van der Waals surface area contributed by atoms with E-state index in [-0.39, 0.29) is 0 Å². The lowest BCUT2D eigenvalue weighted by atomic mass is 9.93. The number of nitrogens with zero attached hydrogens (tertiary/aromatic N) is 1. The SMILES string of the molecule is c1ccc(-c2ccccc2-c2ccc(-c3ccc(-n4c5ccccc5c5cc(-c6ccc7c(c6)-c6cccc8cccc(c68)S7)ccc54)cc3)cc2)cc1. The molecule has 0 bridgehead atoms. The number of hydrogen-bond acceptors (Lipinski definition) is 1. The fourth-order valence-electron chi connectivity index (χ4n) is 8.42. The minimum absolute atomic E-state index is 1.16. The van der Waals surface area contributed by atoms with Crippen LogP contribution >= 0.6 is 11.8 Å². The van der Waals surface area contributed by atoms with E-state index in [1.807, 2.05) is 11.8 Å². The maximum Gasteiger partial charge on any atom is 0.0541 e. The number of benzene rings is 9. The summed E-state index contributed by atoms with van der Waals surface area (Å²) in [6.07, 6.45) is 0. The molecule has 1 aliphatic rings. The predicted molar refractivity (Wildman–Crippen MR) is 230 cm³/mol. The summed E-state index contributed by atoms with van der Waals surface area (Å²) in [6.45, 7) is 0. The van der Waals surface area contributed by atoms with Crippen LogP contribution in [0, 0.1) is 0 Å². The Morgan fingerprint density at radius 1 is 0.315 bits per heavy atom. The van der Waals surface area contributed by atoms with Gasteiger partial charge in [-0.1, -0.05) is 163 Å². The number of rotatable bonds is 5. The first-order valence-electron chi connectivity index (χ1n) is 18.5. The van der Waals surface area contributed by atoms with Crippen molar-refractivity contribution in [1.29, 1.82) is 0 Å². The zero-order chi connectivity index (χ0) is 35.6. The summed E-state index contributed by atoms with van der Waals surface area (Å²) < 4.78 is 2.41. The highest BCUT2D eigenvalue weighted by molar-refractivity contribution is 7.99. The third-order valence-corrected chi connectivity index (χ3v) is 12.2. The van der Waals surface area contributed by atoms with Crippen LogP contribution in [0.3, 0.4) is 0 Å². The van der Waals surface area contributed by atoms with Crippen molar-refractivity contribution in [1.82, 2.24) is 4.57 Å². The third-order valence-electron chi connectivity index (χ3n) is 11.0. The highest BCUT2D eigenvalue weighted by atomic mass is 32.2. The lowest BCUT2D eigenvalue weighted by Gasteiger charge is -2.21. The van der Waals surface area contributed by atoms with Gasteiger partial charge in [0.1, 0.15) is 0 Å². The Morgan fingerprint density at radius 2 is 0.889 bits per heavy atom. The quantitative estimate of drug-likeness (QED) is 0.173. The van der Waals surface area contributed by atoms with Gasteiger partial charge in [0, 0.05) is 31.6 Å². The van der Waals surface area contributed by atoms with Gasteiger partial charge in [0.2, 0.25) is 0 Å². The summed E-state index contributed by atoms with van der Waals surface area (Å²) >= 11 is 1.88. The molecular weight excluding hydrogens is 671 g/mol. The van der Waals surface area contributed by atoms with Gasteiger partial charge < -0.3 is 4.57 Å². The molecule has 1 aliphatic heterocycles. The van der Waals surface area contributed by atoms with E-state index in [2.05, 4.69) is 205 Å². The minimum atomic E-state index is 1.16. The lowest BCUT2D eigenvalue weighted by Crippen LogP contribution is -1.94. The normalized spacial score (nSPS) is 12.0. The van der Waals surface area contributed by atoms with Crippen LogP contribution in [0.1, 0.15) is 0 Å². The molecule has 1 nitrogen and oxygen atoms in total. The summed E-state index contributed by atoms with van der Waals surface area (Å²) in [7, 11) is 0. The molecule has 0 N–H and O–H groups in total. The molecule has 1 aromatic heterocycles. The molecule has 2 heteroatoms. The van der Waals surface area contributed by atoms with Crippen molar-refractivity contribution in [2.24, 2.45) is 0 Å². The molecular formula is C52H33NS. The van der Waals surface area contributed by atoms with E-state index in [1.54, 1.807) is 0 Å². The van der Waals surface area contributed by atoms with Crippen LogP contribution in [0.5, 0.6) is 0 Å². The van der Waals surface area contributed by atoms with Gasteiger partial charge in [-0.25, -0.2) is 0 Å². The standard InChI is InChI=1S/C52H33NS/c1-2-10-36(11-3-1)42-14-4-5-15-43(42)37-22-20-34(21-23-37)35-24-28-41(29-25-35)53-48-18-7-6-16-44(48)46-32-39(26-30-49(46)53)40-27-31-50-47(33-40)45-17-8-12-38-13-9-19-51(54-50)52(38)45/h1-33H. The van der Waals surface area contributed by atoms with Crippen molar-refractivity contribution >= 4 is 44.3 Å². The molecule has 0 amide bonds. The Balaban J connectivity index is 0.941. The second kappa shape index (κ2) is 12.5. The first-order chi connectivity index (χ1) is 26.8. The summed E-state index contributed by atoms with van der Waals surface area (Å²) in [5.74, 6) is 0. The van der Waals surface area contributed by atoms with Crippen LogP contribution in [0.15, 0.2) is 210 Å². The summed E-state index contributed by atoms with van der Waals surface area (Å²) in [4.78, 5) is 2.65. The third kappa shape index (κ3) is 5.03. The second-order valence-electron chi connectivity index (χ2n) is 14.1. The van der Waals surface area contributed by atoms with Gasteiger partial charge in [-0.3, -0.25) is 0 Å². The zero-order valence-electron chi connectivity index (χ0n) is 29.4. The van der Waals surface area contributed by atoms with E-state index in [0.717, 1.165) is 5.69 Å². The smallest absolute Gasteiger partial charge is 0.0541 e. The van der Waals surface area contributed by atoms with E-state index in [4.69, 9.17) is 0 Å². The van der Waals surface area contributed by atoms with Crippen LogP contribution < -0.4 is 0 Å². The Labute approximate surface area is 318 Å². The van der Waals surface area contributed by atoms with Gasteiger partial charge >= 0.3 is 0 Å². The van der Waals surface area contributed by atoms with E-state index >= 15 is 0 Å². The van der Waals surface area contributed by atoms with Crippen LogP contribution in [0.25, 0.3) is 93.9 Å². The van der Waals surface area contributed by atoms with Gasteiger partial charge in [0.25, 0.3) is 0 Å². The van der Waals surface area contributed by atoms with Crippen LogP contribution in [-0.2, 0) is 0 Å². The maximum atomic E-state index is 2.41. The van der Waals surface area contributed by atoms with E-state index < -0.39 is 0 Å². The zero-order valence-corrected chi connectivity index (χ0v) is 30.2. The maximum absolute atomic E-state index is 2.41. The Kier molecular flexibility index (Phi) is 7.18. The fraction of sp³-hybridized carbons (Fsp3) is 0. The van der Waals surface area contributed by atoms with E-state index in [9.17, 15) is 0 Å². The molecule has 0 saturated heterocycles. The van der Waals surface area contributed by atoms with Crippen molar-refractivity contribution in [3.05, 3.63) is 200 Å². The number of fused-ring (bicyclic) bond motifs is 5. The first-order valence-corrected chi connectivity index (χ1v) is 19.3. The fourth-order valence-corrected chi connectivity index (χ4v) is 9.55. The molecule has 0 atom stereocenters. The van der Waals surface area contributed by atoms with Crippen LogP contribution in [-0.4, -0.2) is 4.57 Å². The van der Waals surface area contributed by atoms with E-state index in [0.29, 0.717) is 0 Å². The van der Waals surface area contributed by atoms with Crippen molar-refractivity contribution in [2.75, 3.05) is 0 Å². The minimum Gasteiger partial charge on any atom is -0.309 e. The molecule has 11 rings (SSSR count).